The van der Waals surface area contributed by atoms with Gasteiger partial charge in [-0.1, -0.05) is 38.5 Å². The molecule has 0 saturated heterocycles. The van der Waals surface area contributed by atoms with E-state index in [2.05, 4.69) is 46.3 Å². The molecule has 2 N–H and O–H groups in total. The summed E-state index contributed by atoms with van der Waals surface area (Å²) in [5.74, 6) is 1.71. The van der Waals surface area contributed by atoms with Crippen molar-refractivity contribution < 1.29 is 9.21 Å². The summed E-state index contributed by atoms with van der Waals surface area (Å²) >= 11 is 0. The van der Waals surface area contributed by atoms with Crippen LogP contribution in [0.4, 0.5) is 5.69 Å². The summed E-state index contributed by atoms with van der Waals surface area (Å²) in [7, 11) is 0. The molecule has 0 bridgehead atoms. The first-order chi connectivity index (χ1) is 14.3. The van der Waals surface area contributed by atoms with Gasteiger partial charge >= 0.3 is 0 Å². The van der Waals surface area contributed by atoms with Gasteiger partial charge in [0.2, 0.25) is 17.7 Å². The number of imidazole rings is 1. The molecule has 0 spiro atoms. The maximum Gasteiger partial charge on any atom is 0.247 e. The van der Waals surface area contributed by atoms with E-state index in [0.29, 0.717) is 18.2 Å². The van der Waals surface area contributed by atoms with Gasteiger partial charge in [-0.25, -0.2) is 4.98 Å². The lowest BCUT2D eigenvalue weighted by Gasteiger charge is -2.13. The van der Waals surface area contributed by atoms with Crippen LogP contribution < -0.4 is 5.32 Å². The molecule has 0 atom stereocenters. The molecule has 4 aromatic rings. The number of aromatic amines is 1. The van der Waals surface area contributed by atoms with Gasteiger partial charge in [0.25, 0.3) is 0 Å². The molecule has 154 valence electrons. The van der Waals surface area contributed by atoms with Crippen molar-refractivity contribution >= 4 is 22.6 Å². The number of benzene rings is 2. The largest absolute Gasteiger partial charge is 0.421 e. The minimum Gasteiger partial charge on any atom is -0.421 e. The minimum atomic E-state index is -0.111. The normalized spacial score (nSPS) is 11.7. The second-order valence-electron chi connectivity index (χ2n) is 8.48. The molecule has 0 fully saturated rings. The van der Waals surface area contributed by atoms with Crippen molar-refractivity contribution in [3.63, 3.8) is 0 Å². The van der Waals surface area contributed by atoms with Crippen LogP contribution in [0.25, 0.3) is 22.5 Å². The number of carbonyl (C=O) groups excluding carboxylic acids is 1. The van der Waals surface area contributed by atoms with E-state index in [0.717, 1.165) is 33.7 Å². The van der Waals surface area contributed by atoms with Crippen LogP contribution in [0.3, 0.4) is 0 Å². The van der Waals surface area contributed by atoms with Crippen molar-refractivity contribution in [3.05, 3.63) is 59.7 Å². The summed E-state index contributed by atoms with van der Waals surface area (Å²) < 4.78 is 5.69. The molecule has 30 heavy (non-hydrogen) atoms. The molecule has 7 nitrogen and oxygen atoms in total. The van der Waals surface area contributed by atoms with Gasteiger partial charge in [0.15, 0.2) is 0 Å². The minimum absolute atomic E-state index is 0.0655. The lowest BCUT2D eigenvalue weighted by molar-refractivity contribution is -0.116. The van der Waals surface area contributed by atoms with E-state index in [1.54, 1.807) is 0 Å². The van der Waals surface area contributed by atoms with Crippen LogP contribution >= 0.6 is 0 Å². The number of amides is 1. The highest BCUT2D eigenvalue weighted by Gasteiger charge is 2.18. The summed E-state index contributed by atoms with van der Waals surface area (Å²) in [4.78, 5) is 20.3. The van der Waals surface area contributed by atoms with Crippen LogP contribution in [0.2, 0.25) is 0 Å². The van der Waals surface area contributed by atoms with E-state index < -0.39 is 0 Å². The van der Waals surface area contributed by atoms with E-state index in [4.69, 9.17) is 4.42 Å². The third-order valence-electron chi connectivity index (χ3n) is 4.81. The predicted octanol–water partition coefficient (Wildman–Crippen LogP) is 4.79. The van der Waals surface area contributed by atoms with E-state index in [1.165, 1.54) is 0 Å². The smallest absolute Gasteiger partial charge is 0.247 e. The first-order valence-corrected chi connectivity index (χ1v) is 9.97. The first kappa shape index (κ1) is 19.8. The molecular weight excluding hydrogens is 378 g/mol. The highest BCUT2D eigenvalue weighted by atomic mass is 16.4. The lowest BCUT2D eigenvalue weighted by Crippen LogP contribution is -2.13. The molecule has 7 heteroatoms. The second kappa shape index (κ2) is 7.74. The van der Waals surface area contributed by atoms with E-state index in [1.807, 2.05) is 49.4 Å². The zero-order chi connectivity index (χ0) is 21.3. The van der Waals surface area contributed by atoms with Gasteiger partial charge in [-0.3, -0.25) is 4.79 Å². The first-order valence-electron chi connectivity index (χ1n) is 9.97. The van der Waals surface area contributed by atoms with Crippen molar-refractivity contribution in [2.45, 2.75) is 46.0 Å². The number of carbonyl (C=O) groups is 1. The lowest BCUT2D eigenvalue weighted by atomic mass is 9.96. The Morgan fingerprint density at radius 1 is 1.10 bits per heavy atom. The molecule has 0 unspecified atom stereocenters. The molecule has 0 saturated carbocycles. The Kier molecular flexibility index (Phi) is 5.11. The molecule has 0 aliphatic heterocycles. The fourth-order valence-corrected chi connectivity index (χ4v) is 3.05. The Morgan fingerprint density at radius 3 is 2.60 bits per heavy atom. The summed E-state index contributed by atoms with van der Waals surface area (Å²) in [5, 5.41) is 11.0. The van der Waals surface area contributed by atoms with Crippen molar-refractivity contribution in [1.29, 1.82) is 0 Å². The maximum atomic E-state index is 12.4. The Balaban J connectivity index is 1.37. The number of H-pyrrole nitrogens is 1. The topological polar surface area (TPSA) is 96.7 Å². The van der Waals surface area contributed by atoms with Crippen molar-refractivity contribution in [2.24, 2.45) is 0 Å². The number of nitrogens with one attached hydrogen (secondary N) is 2. The summed E-state index contributed by atoms with van der Waals surface area (Å²) in [6.07, 6.45) is 0.634. The zero-order valence-electron chi connectivity index (χ0n) is 17.6. The van der Waals surface area contributed by atoms with Crippen LogP contribution in [0.5, 0.6) is 0 Å². The fraction of sp³-hybridized carbons (Fsp3) is 0.304. The monoisotopic (exact) mass is 403 g/mol. The Morgan fingerprint density at radius 2 is 1.87 bits per heavy atom. The Bertz CT molecular complexity index is 1180. The molecule has 4 rings (SSSR count). The third kappa shape index (κ3) is 4.40. The van der Waals surface area contributed by atoms with Gasteiger partial charge in [0.05, 0.1) is 11.0 Å². The standard InChI is InChI=1S/C23H25N5O2/c1-14-5-7-15(8-6-14)21-28-27-20(30-21)12-11-19(29)24-16-9-10-17-18(13-16)26-22(25-17)23(2,3)4/h5-10,13H,11-12H2,1-4H3,(H,24,29)(H,25,26). The number of rotatable bonds is 5. The van der Waals surface area contributed by atoms with Gasteiger partial charge in [-0.2, -0.15) is 0 Å². The number of hydrogen-bond acceptors (Lipinski definition) is 5. The van der Waals surface area contributed by atoms with Crippen LogP contribution in [-0.4, -0.2) is 26.1 Å². The van der Waals surface area contributed by atoms with Crippen LogP contribution in [0.1, 0.15) is 44.5 Å². The molecule has 2 heterocycles. The fourth-order valence-electron chi connectivity index (χ4n) is 3.05. The number of anilines is 1. The summed E-state index contributed by atoms with van der Waals surface area (Å²) in [6, 6.07) is 13.5. The molecule has 0 radical (unpaired) electrons. The number of aryl methyl sites for hydroxylation is 2. The molecular formula is C23H25N5O2. The molecule has 1 amide bonds. The highest BCUT2D eigenvalue weighted by molar-refractivity contribution is 5.93. The van der Waals surface area contributed by atoms with Crippen molar-refractivity contribution in [1.82, 2.24) is 20.2 Å². The summed E-state index contributed by atoms with van der Waals surface area (Å²) in [5.41, 5.74) is 4.47. The van der Waals surface area contributed by atoms with Gasteiger partial charge in [0.1, 0.15) is 5.82 Å². The highest BCUT2D eigenvalue weighted by Crippen LogP contribution is 2.24. The number of aromatic nitrogens is 4. The zero-order valence-corrected chi connectivity index (χ0v) is 17.6. The number of nitrogens with zero attached hydrogens (tertiary/aromatic N) is 3. The molecule has 0 aliphatic carbocycles. The average molecular weight is 403 g/mol. The molecule has 0 aliphatic rings. The Labute approximate surface area is 174 Å². The Hall–Kier alpha value is -3.48. The van der Waals surface area contributed by atoms with E-state index in [-0.39, 0.29) is 17.7 Å². The SMILES string of the molecule is Cc1ccc(-c2nnc(CCC(=O)Nc3ccc4nc(C(C)(C)C)[nH]c4c3)o2)cc1. The predicted molar refractivity (Wildman–Crippen MR) is 116 cm³/mol. The van der Waals surface area contributed by atoms with Crippen molar-refractivity contribution in [3.8, 4) is 11.5 Å². The van der Waals surface area contributed by atoms with Gasteiger partial charge in [0, 0.05) is 29.5 Å². The van der Waals surface area contributed by atoms with Crippen molar-refractivity contribution in [2.75, 3.05) is 5.32 Å². The molecule has 2 aromatic heterocycles. The van der Waals surface area contributed by atoms with Crippen LogP contribution in [-0.2, 0) is 16.6 Å². The van der Waals surface area contributed by atoms with Crippen LogP contribution in [0.15, 0.2) is 46.9 Å². The second-order valence-corrected chi connectivity index (χ2v) is 8.48. The number of hydrogen-bond donors (Lipinski definition) is 2. The maximum absolute atomic E-state index is 12.4. The van der Waals surface area contributed by atoms with Gasteiger partial charge < -0.3 is 14.7 Å². The van der Waals surface area contributed by atoms with Gasteiger partial charge in [-0.05, 0) is 37.3 Å². The molecule has 2 aromatic carbocycles. The third-order valence-corrected chi connectivity index (χ3v) is 4.81. The van der Waals surface area contributed by atoms with Gasteiger partial charge in [-0.15, -0.1) is 10.2 Å². The van der Waals surface area contributed by atoms with E-state index in [9.17, 15) is 4.79 Å². The van der Waals surface area contributed by atoms with E-state index >= 15 is 0 Å². The number of fused-ring (bicyclic) bond motifs is 1. The average Bonchev–Trinajstić information content (AvgIpc) is 3.33. The quantitative estimate of drug-likeness (QED) is 0.499. The summed E-state index contributed by atoms with van der Waals surface area (Å²) in [6.45, 7) is 8.34. The van der Waals surface area contributed by atoms with Crippen LogP contribution in [0, 0.1) is 6.92 Å².